The average molecular weight is 429 g/mol. The molecule has 3 rings (SSSR count). The number of benzene rings is 2. The summed E-state index contributed by atoms with van der Waals surface area (Å²) in [5, 5.41) is 5.76. The molecule has 4 nitrogen and oxygen atoms in total. The minimum Gasteiger partial charge on any atom is -0.352 e. The predicted molar refractivity (Wildman–Crippen MR) is 125 cm³/mol. The number of amides is 2. The first kappa shape index (κ1) is 21.8. The summed E-state index contributed by atoms with van der Waals surface area (Å²) >= 11 is 3.89. The van der Waals surface area contributed by atoms with Crippen molar-refractivity contribution in [2.75, 3.05) is 23.4 Å². The fourth-order valence-electron chi connectivity index (χ4n) is 3.05. The van der Waals surface area contributed by atoms with Crippen LogP contribution in [0, 0.1) is 0 Å². The van der Waals surface area contributed by atoms with Gasteiger partial charge in [-0.2, -0.15) is 0 Å². The van der Waals surface area contributed by atoms with E-state index in [1.807, 2.05) is 66.0 Å². The Balaban J connectivity index is 1.46. The molecule has 1 saturated heterocycles. The van der Waals surface area contributed by atoms with E-state index in [0.29, 0.717) is 16.7 Å². The van der Waals surface area contributed by atoms with Crippen LogP contribution in [-0.2, 0) is 10.2 Å². The number of anilines is 1. The summed E-state index contributed by atoms with van der Waals surface area (Å²) in [5.41, 5.74) is 3.90. The Kier molecular flexibility index (Phi) is 7.30. The average Bonchev–Trinajstić information content (AvgIpc) is 3.22. The Hall–Kier alpha value is -1.92. The summed E-state index contributed by atoms with van der Waals surface area (Å²) in [6, 6.07) is 15.7. The highest BCUT2D eigenvalue weighted by atomic mass is 32.2. The van der Waals surface area contributed by atoms with Gasteiger partial charge < -0.3 is 10.6 Å². The fourth-order valence-corrected chi connectivity index (χ4v) is 5.89. The molecule has 2 amide bonds. The van der Waals surface area contributed by atoms with Gasteiger partial charge in [0.2, 0.25) is 5.91 Å². The Bertz CT molecular complexity index is 854. The summed E-state index contributed by atoms with van der Waals surface area (Å²) in [5.74, 6) is 2.09. The predicted octanol–water partition coefficient (Wildman–Crippen LogP) is 5.22. The van der Waals surface area contributed by atoms with Gasteiger partial charge in [-0.25, -0.2) is 0 Å². The van der Waals surface area contributed by atoms with Crippen molar-refractivity contribution in [1.82, 2.24) is 5.32 Å². The second kappa shape index (κ2) is 9.72. The van der Waals surface area contributed by atoms with Crippen molar-refractivity contribution in [2.45, 2.75) is 37.2 Å². The van der Waals surface area contributed by atoms with Crippen molar-refractivity contribution in [3.63, 3.8) is 0 Å². The van der Waals surface area contributed by atoms with Gasteiger partial charge in [-0.05, 0) is 40.8 Å². The molecule has 0 atom stereocenters. The van der Waals surface area contributed by atoms with Gasteiger partial charge >= 0.3 is 0 Å². The zero-order valence-electron chi connectivity index (χ0n) is 17.2. The maximum Gasteiger partial charge on any atom is 0.251 e. The molecule has 2 N–H and O–H groups in total. The van der Waals surface area contributed by atoms with Crippen molar-refractivity contribution in [1.29, 1.82) is 0 Å². The zero-order chi connectivity index (χ0) is 20.9. The van der Waals surface area contributed by atoms with Gasteiger partial charge in [0.1, 0.15) is 0 Å². The molecule has 1 heterocycles. The van der Waals surface area contributed by atoms with Crippen LogP contribution in [0.2, 0.25) is 0 Å². The number of carbonyl (C=O) groups excluding carboxylic acids is 2. The lowest BCUT2D eigenvalue weighted by atomic mass is 9.87. The van der Waals surface area contributed by atoms with Gasteiger partial charge in [0.15, 0.2) is 0 Å². The molecule has 154 valence electrons. The number of thioether (sulfide) groups is 2. The molecule has 0 bridgehead atoms. The molecule has 2 aromatic rings. The first-order valence-corrected chi connectivity index (χ1v) is 11.9. The van der Waals surface area contributed by atoms with Gasteiger partial charge in [0.05, 0.1) is 4.58 Å². The molecule has 0 unspecified atom stereocenters. The topological polar surface area (TPSA) is 58.2 Å². The van der Waals surface area contributed by atoms with Crippen LogP contribution in [0.1, 0.15) is 53.3 Å². The summed E-state index contributed by atoms with van der Waals surface area (Å²) < 4.78 is 0.454. The lowest BCUT2D eigenvalue weighted by Crippen LogP contribution is -2.27. The standard InChI is InChI=1S/C23H28N2O2S2/c1-23(2,3)18-9-7-16(8-10-18)21(27)24-12-11-20(26)25-19-6-4-5-17(15-19)22-28-13-14-29-22/h4-10,15,22H,11-14H2,1-3H3,(H,24,27)(H,25,26). The minimum atomic E-state index is -0.157. The van der Waals surface area contributed by atoms with E-state index in [0.717, 1.165) is 5.69 Å². The van der Waals surface area contributed by atoms with Gasteiger partial charge in [-0.3, -0.25) is 9.59 Å². The summed E-state index contributed by atoms with van der Waals surface area (Å²) in [7, 11) is 0. The maximum absolute atomic E-state index is 12.3. The van der Waals surface area contributed by atoms with Gasteiger partial charge in [-0.15, -0.1) is 23.5 Å². The fraction of sp³-hybridized carbons (Fsp3) is 0.391. The summed E-state index contributed by atoms with van der Waals surface area (Å²) in [4.78, 5) is 24.5. The largest absolute Gasteiger partial charge is 0.352 e. The van der Waals surface area contributed by atoms with Crippen molar-refractivity contribution in [3.8, 4) is 0 Å². The molecule has 0 spiro atoms. The molecule has 0 saturated carbocycles. The number of rotatable bonds is 6. The molecule has 1 fully saturated rings. The van der Waals surface area contributed by atoms with E-state index in [2.05, 4.69) is 37.5 Å². The maximum atomic E-state index is 12.3. The number of nitrogens with one attached hydrogen (secondary N) is 2. The third-order valence-corrected chi connectivity index (χ3v) is 7.82. The third-order valence-electron chi connectivity index (χ3n) is 4.72. The second-order valence-corrected chi connectivity index (χ2v) is 10.8. The SMILES string of the molecule is CC(C)(C)c1ccc(C(=O)NCCC(=O)Nc2cccc(C3SCCS3)c2)cc1. The van der Waals surface area contributed by atoms with Crippen LogP contribution in [0.25, 0.3) is 0 Å². The van der Waals surface area contributed by atoms with E-state index in [9.17, 15) is 9.59 Å². The Morgan fingerprint density at radius 1 is 1.03 bits per heavy atom. The van der Waals surface area contributed by atoms with Crippen LogP contribution >= 0.6 is 23.5 Å². The Labute approximate surface area is 181 Å². The molecular formula is C23H28N2O2S2. The normalized spacial score (nSPS) is 14.6. The van der Waals surface area contributed by atoms with E-state index in [1.54, 1.807) is 0 Å². The smallest absolute Gasteiger partial charge is 0.251 e. The third kappa shape index (κ3) is 6.28. The van der Waals surface area contributed by atoms with Crippen molar-refractivity contribution in [2.24, 2.45) is 0 Å². The lowest BCUT2D eigenvalue weighted by Gasteiger charge is -2.19. The Morgan fingerprint density at radius 2 is 1.72 bits per heavy atom. The first-order chi connectivity index (χ1) is 13.8. The molecular weight excluding hydrogens is 400 g/mol. The molecule has 29 heavy (non-hydrogen) atoms. The van der Waals surface area contributed by atoms with Gasteiger partial charge in [-0.1, -0.05) is 45.0 Å². The summed E-state index contributed by atoms with van der Waals surface area (Å²) in [6.45, 7) is 6.73. The lowest BCUT2D eigenvalue weighted by molar-refractivity contribution is -0.116. The quantitative estimate of drug-likeness (QED) is 0.662. The second-order valence-electron chi connectivity index (χ2n) is 8.08. The van der Waals surface area contributed by atoms with Crippen molar-refractivity contribution in [3.05, 3.63) is 65.2 Å². The van der Waals surface area contributed by atoms with E-state index in [1.165, 1.54) is 22.6 Å². The van der Waals surface area contributed by atoms with E-state index in [4.69, 9.17) is 0 Å². The van der Waals surface area contributed by atoms with Gasteiger partial charge in [0.25, 0.3) is 5.91 Å². The molecule has 0 aromatic heterocycles. The van der Waals surface area contributed by atoms with E-state index < -0.39 is 0 Å². The molecule has 2 aromatic carbocycles. The molecule has 1 aliphatic rings. The highest BCUT2D eigenvalue weighted by Gasteiger charge is 2.18. The number of hydrogen-bond acceptors (Lipinski definition) is 4. The minimum absolute atomic E-state index is 0.0551. The Morgan fingerprint density at radius 3 is 2.38 bits per heavy atom. The monoisotopic (exact) mass is 428 g/mol. The summed E-state index contributed by atoms with van der Waals surface area (Å²) in [6.07, 6.45) is 0.239. The first-order valence-electron chi connectivity index (χ1n) is 9.85. The zero-order valence-corrected chi connectivity index (χ0v) is 18.8. The number of hydrogen-bond donors (Lipinski definition) is 2. The van der Waals surface area contributed by atoms with Gasteiger partial charge in [0, 0.05) is 35.7 Å². The molecule has 0 radical (unpaired) electrons. The van der Waals surface area contributed by atoms with Crippen molar-refractivity contribution < 1.29 is 9.59 Å². The molecule has 0 aliphatic carbocycles. The van der Waals surface area contributed by atoms with Crippen molar-refractivity contribution >= 4 is 41.0 Å². The van der Waals surface area contributed by atoms with E-state index >= 15 is 0 Å². The van der Waals surface area contributed by atoms with Crippen LogP contribution in [0.4, 0.5) is 5.69 Å². The highest BCUT2D eigenvalue weighted by Crippen LogP contribution is 2.45. The molecule has 1 aliphatic heterocycles. The van der Waals surface area contributed by atoms with Crippen LogP contribution in [-0.4, -0.2) is 29.9 Å². The van der Waals surface area contributed by atoms with Crippen LogP contribution < -0.4 is 10.6 Å². The molecule has 6 heteroatoms. The highest BCUT2D eigenvalue weighted by molar-refractivity contribution is 8.19. The van der Waals surface area contributed by atoms with Crippen LogP contribution in [0.5, 0.6) is 0 Å². The van der Waals surface area contributed by atoms with Crippen LogP contribution in [0.15, 0.2) is 48.5 Å². The van der Waals surface area contributed by atoms with E-state index in [-0.39, 0.29) is 23.7 Å². The van der Waals surface area contributed by atoms with Crippen LogP contribution in [0.3, 0.4) is 0 Å². The number of carbonyl (C=O) groups is 2.